The quantitative estimate of drug-likeness (QED) is 0.474. The summed E-state index contributed by atoms with van der Waals surface area (Å²) in [6.07, 6.45) is -2.66. The molecule has 2 aromatic carbocycles. The number of aromatic carboxylic acids is 1. The van der Waals surface area contributed by atoms with E-state index in [-0.39, 0.29) is 28.2 Å². The molecule has 0 fully saturated rings. The Balaban J connectivity index is 1.70. The zero-order valence-corrected chi connectivity index (χ0v) is 15.1. The Hall–Kier alpha value is -4.22. The van der Waals surface area contributed by atoms with E-state index in [0.717, 1.165) is 29.2 Å². The lowest BCUT2D eigenvalue weighted by atomic mass is 10.2. The maximum Gasteiger partial charge on any atom is 0.419 e. The van der Waals surface area contributed by atoms with Crippen LogP contribution in [0.15, 0.2) is 53.6 Å². The van der Waals surface area contributed by atoms with Crippen LogP contribution < -0.4 is 10.3 Å². The van der Waals surface area contributed by atoms with Crippen LogP contribution >= 0.6 is 0 Å². The predicted molar refractivity (Wildman–Crippen MR) is 97.9 cm³/mol. The van der Waals surface area contributed by atoms with Gasteiger partial charge in [0.05, 0.1) is 28.2 Å². The third-order valence-electron chi connectivity index (χ3n) is 4.21. The van der Waals surface area contributed by atoms with Crippen LogP contribution in [0.2, 0.25) is 0 Å². The maximum absolute atomic E-state index is 14.2. The molecule has 0 bridgehead atoms. The number of aromatic nitrogens is 4. The van der Waals surface area contributed by atoms with E-state index >= 15 is 0 Å². The summed E-state index contributed by atoms with van der Waals surface area (Å²) in [6.45, 7) is 0. The number of nitrogens with zero attached hydrogens (tertiary/aromatic N) is 3. The van der Waals surface area contributed by atoms with E-state index in [1.54, 1.807) is 0 Å². The molecule has 0 radical (unpaired) electrons. The Labute approximate surface area is 169 Å². The fourth-order valence-electron chi connectivity index (χ4n) is 2.76. The highest BCUT2D eigenvalue weighted by Crippen LogP contribution is 2.36. The van der Waals surface area contributed by atoms with Gasteiger partial charge >= 0.3 is 12.1 Å². The molecule has 2 aromatic heterocycles. The summed E-state index contributed by atoms with van der Waals surface area (Å²) < 4.78 is 59.0. The van der Waals surface area contributed by atoms with Crippen LogP contribution in [0, 0.1) is 5.82 Å². The van der Waals surface area contributed by atoms with Gasteiger partial charge in [0.2, 0.25) is 5.95 Å². The number of hydrogen-bond donors (Lipinski definition) is 2. The van der Waals surface area contributed by atoms with Crippen molar-refractivity contribution in [3.8, 4) is 17.4 Å². The summed E-state index contributed by atoms with van der Waals surface area (Å²) in [5, 5.41) is 12.8. The number of fused-ring (bicyclic) bond motifs is 1. The first-order chi connectivity index (χ1) is 14.6. The average molecular weight is 434 g/mol. The highest BCUT2D eigenvalue weighted by molar-refractivity contribution is 5.87. The van der Waals surface area contributed by atoms with Gasteiger partial charge in [-0.25, -0.2) is 18.9 Å². The number of aromatic amines is 1. The number of ether oxygens (including phenoxy) is 1. The maximum atomic E-state index is 14.2. The third kappa shape index (κ3) is 3.82. The number of halogens is 4. The van der Waals surface area contributed by atoms with E-state index in [1.807, 2.05) is 0 Å². The fraction of sp³-hybridized carbons (Fsp3) is 0.0526. The van der Waals surface area contributed by atoms with Crippen LogP contribution in [0.5, 0.6) is 11.5 Å². The lowest BCUT2D eigenvalue weighted by molar-refractivity contribution is -0.140. The molecule has 4 rings (SSSR count). The molecule has 8 nitrogen and oxygen atoms in total. The standard InChI is InChI=1S/C19H10F4N4O4/c20-15-12(19(21,22)23)2-1-3-14(15)31-10-4-5-13-11(6-10)16(28)26-18(25-13)27-8-9(7-24-27)17(29)30/h1-8H,(H,29,30)(H,25,26,28). The van der Waals surface area contributed by atoms with Crippen LogP contribution in [0.4, 0.5) is 17.6 Å². The van der Waals surface area contributed by atoms with Gasteiger partial charge < -0.3 is 9.84 Å². The first-order valence-electron chi connectivity index (χ1n) is 8.49. The molecule has 0 amide bonds. The Morgan fingerprint density at radius 1 is 1.19 bits per heavy atom. The number of hydrogen-bond acceptors (Lipinski definition) is 5. The molecule has 4 aromatic rings. The number of carboxylic acid groups (broad SMARTS) is 1. The number of carbonyl (C=O) groups is 1. The normalized spacial score (nSPS) is 11.6. The summed E-state index contributed by atoms with van der Waals surface area (Å²) in [7, 11) is 0. The SMILES string of the molecule is O=C(O)c1cnn(-c2nc3ccc(Oc4cccc(C(F)(F)F)c4F)cc3c(=O)[nH]2)c1. The molecule has 31 heavy (non-hydrogen) atoms. The molecule has 158 valence electrons. The van der Waals surface area contributed by atoms with Crippen molar-refractivity contribution in [3.63, 3.8) is 0 Å². The van der Waals surface area contributed by atoms with Crippen LogP contribution in [0.1, 0.15) is 15.9 Å². The summed E-state index contributed by atoms with van der Waals surface area (Å²) in [5.41, 5.74) is -2.07. The molecule has 0 unspecified atom stereocenters. The molecule has 12 heteroatoms. The monoisotopic (exact) mass is 434 g/mol. The first-order valence-corrected chi connectivity index (χ1v) is 8.49. The molecule has 0 saturated carbocycles. The number of H-pyrrole nitrogens is 1. The van der Waals surface area contributed by atoms with Crippen molar-refractivity contribution in [2.75, 3.05) is 0 Å². The van der Waals surface area contributed by atoms with Gasteiger partial charge in [0, 0.05) is 6.20 Å². The van der Waals surface area contributed by atoms with Crippen molar-refractivity contribution in [3.05, 3.63) is 76.1 Å². The van der Waals surface area contributed by atoms with Gasteiger partial charge in [-0.05, 0) is 30.3 Å². The van der Waals surface area contributed by atoms with Gasteiger partial charge in [-0.1, -0.05) is 6.07 Å². The number of benzene rings is 2. The van der Waals surface area contributed by atoms with Gasteiger partial charge in [0.1, 0.15) is 5.75 Å². The summed E-state index contributed by atoms with van der Waals surface area (Å²) in [5.74, 6) is -3.59. The fourth-order valence-corrected chi connectivity index (χ4v) is 2.76. The third-order valence-corrected chi connectivity index (χ3v) is 4.21. The lowest BCUT2D eigenvalue weighted by Crippen LogP contribution is -2.14. The van der Waals surface area contributed by atoms with E-state index in [9.17, 15) is 27.2 Å². The predicted octanol–water partition coefficient (Wildman–Crippen LogP) is 3.76. The van der Waals surface area contributed by atoms with Crippen molar-refractivity contribution in [1.29, 1.82) is 0 Å². The van der Waals surface area contributed by atoms with E-state index in [1.165, 1.54) is 18.2 Å². The van der Waals surface area contributed by atoms with Gasteiger partial charge in [-0.15, -0.1) is 0 Å². The second kappa shape index (κ2) is 7.23. The zero-order valence-electron chi connectivity index (χ0n) is 15.1. The largest absolute Gasteiger partial charge is 0.478 e. The van der Waals surface area contributed by atoms with Crippen molar-refractivity contribution in [2.45, 2.75) is 6.18 Å². The van der Waals surface area contributed by atoms with Crippen LogP contribution in [0.3, 0.4) is 0 Å². The van der Waals surface area contributed by atoms with Crippen LogP contribution in [-0.2, 0) is 6.18 Å². The molecule has 0 aliphatic rings. The second-order valence-corrected chi connectivity index (χ2v) is 6.26. The van der Waals surface area contributed by atoms with Crippen LogP contribution in [-0.4, -0.2) is 30.8 Å². The lowest BCUT2D eigenvalue weighted by Gasteiger charge is -2.12. The molecule has 2 heterocycles. The molecule has 0 spiro atoms. The van der Waals surface area contributed by atoms with E-state index in [2.05, 4.69) is 15.1 Å². The number of alkyl halides is 3. The molecule has 2 N–H and O–H groups in total. The second-order valence-electron chi connectivity index (χ2n) is 6.26. The molecule has 0 aliphatic carbocycles. The first kappa shape index (κ1) is 20.1. The minimum Gasteiger partial charge on any atom is -0.478 e. The molecular formula is C19H10F4N4O4. The summed E-state index contributed by atoms with van der Waals surface area (Å²) in [6, 6.07) is 6.44. The Kier molecular flexibility index (Phi) is 4.68. The van der Waals surface area contributed by atoms with E-state index in [0.29, 0.717) is 6.07 Å². The van der Waals surface area contributed by atoms with Crippen molar-refractivity contribution in [1.82, 2.24) is 19.7 Å². The minimum atomic E-state index is -4.89. The Morgan fingerprint density at radius 3 is 2.65 bits per heavy atom. The van der Waals surface area contributed by atoms with Crippen molar-refractivity contribution < 1.29 is 32.2 Å². The van der Waals surface area contributed by atoms with Crippen molar-refractivity contribution >= 4 is 16.9 Å². The average Bonchev–Trinajstić information content (AvgIpc) is 3.20. The highest BCUT2D eigenvalue weighted by Gasteiger charge is 2.35. The minimum absolute atomic E-state index is 0.0132. The van der Waals surface area contributed by atoms with Gasteiger partial charge in [0.25, 0.3) is 5.56 Å². The van der Waals surface area contributed by atoms with Gasteiger partial charge in [0.15, 0.2) is 11.6 Å². The highest BCUT2D eigenvalue weighted by atomic mass is 19.4. The van der Waals surface area contributed by atoms with Gasteiger partial charge in [-0.2, -0.15) is 18.3 Å². The smallest absolute Gasteiger partial charge is 0.419 e. The molecule has 0 aliphatic heterocycles. The van der Waals surface area contributed by atoms with E-state index in [4.69, 9.17) is 9.84 Å². The number of carboxylic acids is 1. The summed E-state index contributed by atoms with van der Waals surface area (Å²) >= 11 is 0. The van der Waals surface area contributed by atoms with Gasteiger partial charge in [-0.3, -0.25) is 9.78 Å². The van der Waals surface area contributed by atoms with Crippen molar-refractivity contribution in [2.24, 2.45) is 0 Å². The number of nitrogens with one attached hydrogen (secondary N) is 1. The Morgan fingerprint density at radius 2 is 1.97 bits per heavy atom. The molecule has 0 saturated heterocycles. The number of rotatable bonds is 4. The molecule has 0 atom stereocenters. The Bertz CT molecular complexity index is 1380. The molecular weight excluding hydrogens is 424 g/mol. The van der Waals surface area contributed by atoms with Crippen LogP contribution in [0.25, 0.3) is 16.9 Å². The van der Waals surface area contributed by atoms with E-state index < -0.39 is 34.8 Å². The summed E-state index contributed by atoms with van der Waals surface area (Å²) in [4.78, 5) is 30.0. The zero-order chi connectivity index (χ0) is 22.3. The topological polar surface area (TPSA) is 110 Å².